The summed E-state index contributed by atoms with van der Waals surface area (Å²) in [7, 11) is 0. The van der Waals surface area contributed by atoms with Crippen LogP contribution in [0.5, 0.6) is 0 Å². The molecule has 100 valence electrons. The van der Waals surface area contributed by atoms with Crippen molar-refractivity contribution in [2.45, 2.75) is 25.8 Å². The number of aromatic nitrogens is 1. The molecule has 1 aromatic rings. The zero-order chi connectivity index (χ0) is 13.8. The van der Waals surface area contributed by atoms with E-state index in [9.17, 15) is 9.59 Å². The molecule has 1 amide bonds. The second-order valence-electron chi connectivity index (χ2n) is 4.66. The number of carbonyl (C=O) groups is 2. The minimum absolute atomic E-state index is 0.154. The fourth-order valence-corrected chi connectivity index (χ4v) is 1.97. The maximum absolute atomic E-state index is 12.0. The van der Waals surface area contributed by atoms with E-state index in [1.807, 2.05) is 0 Å². The lowest BCUT2D eigenvalue weighted by Gasteiger charge is -2.04. The van der Waals surface area contributed by atoms with Gasteiger partial charge in [0.05, 0.1) is 5.56 Å². The van der Waals surface area contributed by atoms with E-state index in [2.05, 4.69) is 17.2 Å². The van der Waals surface area contributed by atoms with E-state index in [0.717, 1.165) is 18.9 Å². The molecule has 0 aliphatic heterocycles. The highest BCUT2D eigenvalue weighted by atomic mass is 16.4. The normalized spacial score (nSPS) is 21.3. The minimum atomic E-state index is -1.03. The SMILES string of the molecule is CCC1CC1NC(=O)c1cncc(/C=C/C(=O)O)c1. The van der Waals surface area contributed by atoms with E-state index in [4.69, 9.17) is 5.11 Å². The van der Waals surface area contributed by atoms with Crippen LogP contribution in [-0.4, -0.2) is 28.0 Å². The van der Waals surface area contributed by atoms with Crippen LogP contribution in [0, 0.1) is 5.92 Å². The molecule has 19 heavy (non-hydrogen) atoms. The van der Waals surface area contributed by atoms with Gasteiger partial charge in [-0.05, 0) is 30.0 Å². The molecule has 2 atom stereocenters. The second kappa shape index (κ2) is 5.65. The fourth-order valence-electron chi connectivity index (χ4n) is 1.97. The third-order valence-corrected chi connectivity index (χ3v) is 3.20. The zero-order valence-electron chi connectivity index (χ0n) is 10.7. The Hall–Kier alpha value is -2.17. The van der Waals surface area contributed by atoms with E-state index in [0.29, 0.717) is 17.0 Å². The Morgan fingerprint density at radius 1 is 1.53 bits per heavy atom. The summed E-state index contributed by atoms with van der Waals surface area (Å²) in [6.07, 6.45) is 7.54. The molecule has 1 fully saturated rings. The highest BCUT2D eigenvalue weighted by Gasteiger charge is 2.36. The molecule has 2 rings (SSSR count). The van der Waals surface area contributed by atoms with E-state index >= 15 is 0 Å². The van der Waals surface area contributed by atoms with Gasteiger partial charge in [-0.25, -0.2) is 4.79 Å². The summed E-state index contributed by atoms with van der Waals surface area (Å²) in [5.41, 5.74) is 1.05. The molecule has 2 N–H and O–H groups in total. The number of carboxylic acid groups (broad SMARTS) is 1. The third kappa shape index (κ3) is 3.64. The van der Waals surface area contributed by atoms with Crippen molar-refractivity contribution in [1.29, 1.82) is 0 Å². The molecule has 1 heterocycles. The molecule has 0 saturated heterocycles. The maximum atomic E-state index is 12.0. The van der Waals surface area contributed by atoms with E-state index in [1.165, 1.54) is 18.5 Å². The lowest BCUT2D eigenvalue weighted by atomic mass is 10.2. The first-order chi connectivity index (χ1) is 9.10. The Balaban J connectivity index is 2.02. The van der Waals surface area contributed by atoms with Crippen molar-refractivity contribution in [2.24, 2.45) is 5.92 Å². The summed E-state index contributed by atoms with van der Waals surface area (Å²) in [6, 6.07) is 1.90. The number of carbonyl (C=O) groups excluding carboxylic acids is 1. The molecule has 5 nitrogen and oxygen atoms in total. The van der Waals surface area contributed by atoms with Crippen molar-refractivity contribution in [2.75, 3.05) is 0 Å². The molecule has 2 unspecified atom stereocenters. The number of carboxylic acids is 1. The van der Waals surface area contributed by atoms with Crippen molar-refractivity contribution >= 4 is 18.0 Å². The Labute approximate surface area is 111 Å². The number of amides is 1. The number of hydrogen-bond donors (Lipinski definition) is 2. The summed E-state index contributed by atoms with van der Waals surface area (Å²) < 4.78 is 0. The van der Waals surface area contributed by atoms with Crippen LogP contribution in [0.25, 0.3) is 6.08 Å². The highest BCUT2D eigenvalue weighted by molar-refractivity contribution is 5.95. The smallest absolute Gasteiger partial charge is 0.328 e. The topological polar surface area (TPSA) is 79.3 Å². The molecule has 1 aromatic heterocycles. The Morgan fingerprint density at radius 2 is 2.32 bits per heavy atom. The van der Waals surface area contributed by atoms with E-state index in [1.54, 1.807) is 6.07 Å². The van der Waals surface area contributed by atoms with Gasteiger partial charge in [0.15, 0.2) is 0 Å². The van der Waals surface area contributed by atoms with Crippen molar-refractivity contribution in [3.8, 4) is 0 Å². The molecule has 0 aromatic carbocycles. The molecule has 1 aliphatic rings. The van der Waals surface area contributed by atoms with Crippen molar-refractivity contribution in [1.82, 2.24) is 10.3 Å². The molecule has 1 aliphatic carbocycles. The van der Waals surface area contributed by atoms with Gasteiger partial charge in [-0.1, -0.05) is 13.3 Å². The lowest BCUT2D eigenvalue weighted by Crippen LogP contribution is -2.26. The monoisotopic (exact) mass is 260 g/mol. The molecule has 0 spiro atoms. The quantitative estimate of drug-likeness (QED) is 0.790. The minimum Gasteiger partial charge on any atom is -0.478 e. The van der Waals surface area contributed by atoms with Crippen LogP contribution in [0.15, 0.2) is 24.5 Å². The predicted molar refractivity (Wildman–Crippen MR) is 70.6 cm³/mol. The van der Waals surface area contributed by atoms with Gasteiger partial charge in [-0.3, -0.25) is 9.78 Å². The van der Waals surface area contributed by atoms with Crippen LogP contribution in [0.2, 0.25) is 0 Å². The third-order valence-electron chi connectivity index (χ3n) is 3.20. The number of aliphatic carboxylic acids is 1. The van der Waals surface area contributed by atoms with Crippen LogP contribution in [0.3, 0.4) is 0 Å². The molecular weight excluding hydrogens is 244 g/mol. The Morgan fingerprint density at radius 3 is 2.95 bits per heavy atom. The summed E-state index contributed by atoms with van der Waals surface area (Å²) >= 11 is 0. The van der Waals surface area contributed by atoms with Gasteiger partial charge >= 0.3 is 5.97 Å². The highest BCUT2D eigenvalue weighted by Crippen LogP contribution is 2.33. The first kappa shape index (κ1) is 13.3. The summed E-state index contributed by atoms with van der Waals surface area (Å²) in [6.45, 7) is 2.11. The van der Waals surface area contributed by atoms with Gasteiger partial charge in [-0.2, -0.15) is 0 Å². The number of pyridine rings is 1. The molecule has 0 bridgehead atoms. The number of nitrogens with zero attached hydrogens (tertiary/aromatic N) is 1. The van der Waals surface area contributed by atoms with Crippen LogP contribution < -0.4 is 5.32 Å². The lowest BCUT2D eigenvalue weighted by molar-refractivity contribution is -0.131. The number of rotatable bonds is 5. The van der Waals surface area contributed by atoms with Gasteiger partial charge in [-0.15, -0.1) is 0 Å². The van der Waals surface area contributed by atoms with Crippen LogP contribution >= 0.6 is 0 Å². The second-order valence-corrected chi connectivity index (χ2v) is 4.66. The van der Waals surface area contributed by atoms with Crippen LogP contribution in [-0.2, 0) is 4.79 Å². The fraction of sp³-hybridized carbons (Fsp3) is 0.357. The largest absolute Gasteiger partial charge is 0.478 e. The van der Waals surface area contributed by atoms with Crippen LogP contribution in [0.4, 0.5) is 0 Å². The summed E-state index contributed by atoms with van der Waals surface area (Å²) in [5, 5.41) is 11.5. The van der Waals surface area contributed by atoms with Gasteiger partial charge < -0.3 is 10.4 Å². The summed E-state index contributed by atoms with van der Waals surface area (Å²) in [4.78, 5) is 26.3. The van der Waals surface area contributed by atoms with Gasteiger partial charge in [0.1, 0.15) is 0 Å². The first-order valence-corrected chi connectivity index (χ1v) is 6.27. The van der Waals surface area contributed by atoms with E-state index < -0.39 is 5.97 Å². The average molecular weight is 260 g/mol. The number of hydrogen-bond acceptors (Lipinski definition) is 3. The maximum Gasteiger partial charge on any atom is 0.328 e. The average Bonchev–Trinajstić information content (AvgIpc) is 3.15. The van der Waals surface area contributed by atoms with Crippen LogP contribution in [0.1, 0.15) is 35.7 Å². The zero-order valence-corrected chi connectivity index (χ0v) is 10.7. The first-order valence-electron chi connectivity index (χ1n) is 6.27. The molecule has 1 saturated carbocycles. The number of nitrogens with one attached hydrogen (secondary N) is 1. The Kier molecular flexibility index (Phi) is 3.94. The summed E-state index contributed by atoms with van der Waals surface area (Å²) in [5.74, 6) is -0.593. The van der Waals surface area contributed by atoms with Crippen molar-refractivity contribution in [3.63, 3.8) is 0 Å². The molecule has 5 heteroatoms. The van der Waals surface area contributed by atoms with Gasteiger partial charge in [0.2, 0.25) is 0 Å². The van der Waals surface area contributed by atoms with Gasteiger partial charge in [0.25, 0.3) is 5.91 Å². The van der Waals surface area contributed by atoms with Crippen molar-refractivity contribution < 1.29 is 14.7 Å². The standard InChI is InChI=1S/C14H16N2O3/c1-2-10-6-12(10)16-14(19)11-5-9(7-15-8-11)3-4-13(17)18/h3-5,7-8,10,12H,2,6H2,1H3,(H,16,19)(H,17,18)/b4-3+. The molecule has 0 radical (unpaired) electrons. The predicted octanol–water partition coefficient (Wildman–Crippen LogP) is 1.71. The molecular formula is C14H16N2O3. The Bertz CT molecular complexity index is 525. The van der Waals surface area contributed by atoms with E-state index in [-0.39, 0.29) is 11.9 Å². The van der Waals surface area contributed by atoms with Gasteiger partial charge in [0, 0.05) is 24.5 Å². The van der Waals surface area contributed by atoms with Crippen molar-refractivity contribution in [3.05, 3.63) is 35.7 Å².